The van der Waals surface area contributed by atoms with Gasteiger partial charge in [-0.1, -0.05) is 15.9 Å². The zero-order chi connectivity index (χ0) is 10.6. The van der Waals surface area contributed by atoms with E-state index in [4.69, 9.17) is 9.47 Å². The molecule has 0 aromatic heterocycles. The minimum Gasteiger partial charge on any atom is -0.491 e. The Morgan fingerprint density at radius 1 is 1.43 bits per heavy atom. The average Bonchev–Trinajstić information content (AvgIpc) is 2.14. The highest BCUT2D eigenvalue weighted by molar-refractivity contribution is 9.10. The Labute approximate surface area is 91.2 Å². The van der Waals surface area contributed by atoms with Crippen LogP contribution >= 0.6 is 15.9 Å². The summed E-state index contributed by atoms with van der Waals surface area (Å²) in [6, 6.07) is 3.29. The van der Waals surface area contributed by atoms with E-state index < -0.39 is 0 Å². The number of ether oxygens (including phenoxy) is 2. The molecule has 2 nitrogen and oxygen atoms in total. The van der Waals surface area contributed by atoms with Crippen LogP contribution in [0.25, 0.3) is 0 Å². The van der Waals surface area contributed by atoms with Gasteiger partial charge in [0.1, 0.15) is 0 Å². The molecule has 0 aliphatic rings. The lowest BCUT2D eigenvalue weighted by molar-refractivity contribution is 0.180. The fourth-order valence-electron chi connectivity index (χ4n) is 1.14. The Morgan fingerprint density at radius 2 is 2.14 bits per heavy atom. The van der Waals surface area contributed by atoms with Gasteiger partial charge in [0.15, 0.2) is 11.6 Å². The summed E-state index contributed by atoms with van der Waals surface area (Å²) in [5.41, 5.74) is 0.491. The first kappa shape index (κ1) is 11.5. The van der Waals surface area contributed by atoms with Gasteiger partial charge in [-0.15, -0.1) is 0 Å². The van der Waals surface area contributed by atoms with E-state index >= 15 is 0 Å². The number of rotatable bonds is 4. The molecule has 0 bridgehead atoms. The molecule has 0 amide bonds. The molecule has 0 saturated carbocycles. The van der Waals surface area contributed by atoms with Crippen molar-refractivity contribution in [2.24, 2.45) is 0 Å². The molecular formula is C10H12BrFO2. The lowest BCUT2D eigenvalue weighted by Crippen LogP contribution is -1.99. The number of benzene rings is 1. The Morgan fingerprint density at radius 3 is 2.71 bits per heavy atom. The molecule has 0 unspecified atom stereocenters. The Bertz CT molecular complexity index is 288. The second-order valence-corrected chi connectivity index (χ2v) is 3.66. The molecule has 1 rings (SSSR count). The topological polar surface area (TPSA) is 18.5 Å². The van der Waals surface area contributed by atoms with E-state index in [0.29, 0.717) is 12.2 Å². The van der Waals surface area contributed by atoms with Crippen molar-refractivity contribution in [1.82, 2.24) is 0 Å². The van der Waals surface area contributed by atoms with Crippen LogP contribution < -0.4 is 4.74 Å². The largest absolute Gasteiger partial charge is 0.491 e. The maximum absolute atomic E-state index is 13.6. The van der Waals surface area contributed by atoms with Gasteiger partial charge >= 0.3 is 0 Å². The first-order valence-electron chi connectivity index (χ1n) is 4.28. The predicted octanol–water partition coefficient (Wildman–Crippen LogP) is 3.13. The SMILES string of the molecule is CCOc1cc(Br)cc(COC)c1F. The number of hydrogen-bond donors (Lipinski definition) is 0. The molecule has 0 aliphatic carbocycles. The van der Waals surface area contributed by atoms with Crippen LogP contribution in [0.5, 0.6) is 5.75 Å². The van der Waals surface area contributed by atoms with Crippen LogP contribution in [0.2, 0.25) is 0 Å². The van der Waals surface area contributed by atoms with E-state index in [9.17, 15) is 4.39 Å². The van der Waals surface area contributed by atoms with E-state index in [1.165, 1.54) is 7.11 Å². The Hall–Kier alpha value is -0.610. The molecule has 4 heteroatoms. The summed E-state index contributed by atoms with van der Waals surface area (Å²) in [7, 11) is 1.53. The summed E-state index contributed by atoms with van der Waals surface area (Å²) < 4.78 is 24.4. The maximum atomic E-state index is 13.6. The van der Waals surface area contributed by atoms with Crippen molar-refractivity contribution in [2.45, 2.75) is 13.5 Å². The first-order valence-corrected chi connectivity index (χ1v) is 5.08. The summed E-state index contributed by atoms with van der Waals surface area (Å²) in [6.45, 7) is 2.50. The number of halogens is 2. The molecule has 0 fully saturated rings. The van der Waals surface area contributed by atoms with Gasteiger partial charge < -0.3 is 9.47 Å². The fraction of sp³-hybridized carbons (Fsp3) is 0.400. The monoisotopic (exact) mass is 262 g/mol. The van der Waals surface area contributed by atoms with Crippen molar-refractivity contribution in [2.75, 3.05) is 13.7 Å². The van der Waals surface area contributed by atoms with Crippen molar-refractivity contribution < 1.29 is 13.9 Å². The van der Waals surface area contributed by atoms with Gasteiger partial charge in [0.25, 0.3) is 0 Å². The Balaban J connectivity index is 3.04. The predicted molar refractivity (Wildman–Crippen MR) is 56.0 cm³/mol. The normalized spacial score (nSPS) is 10.3. The standard InChI is InChI=1S/C10H12BrFO2/c1-3-14-9-5-8(11)4-7(6-13-2)10(9)12/h4-5H,3,6H2,1-2H3. The Kier molecular flexibility index (Phi) is 4.35. The molecule has 1 aromatic rings. The van der Waals surface area contributed by atoms with Crippen LogP contribution in [0, 0.1) is 5.82 Å². The van der Waals surface area contributed by atoms with Crippen LogP contribution in [-0.4, -0.2) is 13.7 Å². The molecule has 14 heavy (non-hydrogen) atoms. The lowest BCUT2D eigenvalue weighted by Gasteiger charge is -2.09. The second-order valence-electron chi connectivity index (χ2n) is 2.74. The number of methoxy groups -OCH3 is 1. The zero-order valence-electron chi connectivity index (χ0n) is 8.14. The third-order valence-corrected chi connectivity index (χ3v) is 2.14. The molecular weight excluding hydrogens is 251 g/mol. The van der Waals surface area contributed by atoms with E-state index in [1.54, 1.807) is 12.1 Å². The summed E-state index contributed by atoms with van der Waals surface area (Å²) in [5, 5.41) is 0. The molecule has 0 heterocycles. The third kappa shape index (κ3) is 2.69. The fourth-order valence-corrected chi connectivity index (χ4v) is 1.62. The van der Waals surface area contributed by atoms with Crippen LogP contribution in [0.4, 0.5) is 4.39 Å². The molecule has 0 radical (unpaired) electrons. The van der Waals surface area contributed by atoms with E-state index in [-0.39, 0.29) is 18.2 Å². The molecule has 0 atom stereocenters. The summed E-state index contributed by atoms with van der Waals surface area (Å²) in [6.07, 6.45) is 0. The highest BCUT2D eigenvalue weighted by atomic mass is 79.9. The van der Waals surface area contributed by atoms with Crippen LogP contribution in [-0.2, 0) is 11.3 Å². The molecule has 0 aliphatic heterocycles. The van der Waals surface area contributed by atoms with E-state index in [1.807, 2.05) is 6.92 Å². The van der Waals surface area contributed by atoms with Crippen molar-refractivity contribution in [1.29, 1.82) is 0 Å². The number of hydrogen-bond acceptors (Lipinski definition) is 2. The van der Waals surface area contributed by atoms with Crippen molar-refractivity contribution in [3.05, 3.63) is 28.0 Å². The molecule has 78 valence electrons. The summed E-state index contributed by atoms with van der Waals surface area (Å²) >= 11 is 3.28. The van der Waals surface area contributed by atoms with Gasteiger partial charge in [-0.05, 0) is 19.1 Å². The van der Waals surface area contributed by atoms with Gasteiger partial charge in [-0.25, -0.2) is 4.39 Å². The maximum Gasteiger partial charge on any atom is 0.170 e. The van der Waals surface area contributed by atoms with Crippen LogP contribution in [0.1, 0.15) is 12.5 Å². The van der Waals surface area contributed by atoms with Crippen molar-refractivity contribution in [3.63, 3.8) is 0 Å². The summed E-state index contributed by atoms with van der Waals surface area (Å²) in [4.78, 5) is 0. The van der Waals surface area contributed by atoms with Gasteiger partial charge in [-0.3, -0.25) is 0 Å². The average molecular weight is 263 g/mol. The molecule has 0 spiro atoms. The first-order chi connectivity index (χ1) is 6.69. The van der Waals surface area contributed by atoms with E-state index in [2.05, 4.69) is 15.9 Å². The van der Waals surface area contributed by atoms with E-state index in [0.717, 1.165) is 4.47 Å². The zero-order valence-corrected chi connectivity index (χ0v) is 9.73. The van der Waals surface area contributed by atoms with Crippen molar-refractivity contribution in [3.8, 4) is 5.75 Å². The van der Waals surface area contributed by atoms with Crippen molar-refractivity contribution >= 4 is 15.9 Å². The minimum absolute atomic E-state index is 0.241. The van der Waals surface area contributed by atoms with Crippen LogP contribution in [0.3, 0.4) is 0 Å². The van der Waals surface area contributed by atoms with Gasteiger partial charge in [-0.2, -0.15) is 0 Å². The highest BCUT2D eigenvalue weighted by Crippen LogP contribution is 2.26. The van der Waals surface area contributed by atoms with Gasteiger partial charge in [0.05, 0.1) is 13.2 Å². The molecule has 0 saturated heterocycles. The smallest absolute Gasteiger partial charge is 0.170 e. The summed E-state index contributed by atoms with van der Waals surface area (Å²) in [5.74, 6) is -0.0918. The molecule has 1 aromatic carbocycles. The lowest BCUT2D eigenvalue weighted by atomic mass is 10.2. The quantitative estimate of drug-likeness (QED) is 0.830. The van der Waals surface area contributed by atoms with Crippen LogP contribution in [0.15, 0.2) is 16.6 Å². The third-order valence-electron chi connectivity index (χ3n) is 1.68. The van der Waals surface area contributed by atoms with Gasteiger partial charge in [0.2, 0.25) is 0 Å². The molecule has 0 N–H and O–H groups in total. The minimum atomic E-state index is -0.350. The van der Waals surface area contributed by atoms with Gasteiger partial charge in [0, 0.05) is 17.1 Å². The second kappa shape index (κ2) is 5.32. The highest BCUT2D eigenvalue weighted by Gasteiger charge is 2.10.